The summed E-state index contributed by atoms with van der Waals surface area (Å²) >= 11 is 0. The lowest BCUT2D eigenvalue weighted by molar-refractivity contribution is -0.119. The Hall–Kier alpha value is -3.54. The van der Waals surface area contributed by atoms with Gasteiger partial charge in [0.2, 0.25) is 5.91 Å². The highest BCUT2D eigenvalue weighted by Crippen LogP contribution is 2.30. The molecule has 0 spiro atoms. The van der Waals surface area contributed by atoms with E-state index in [9.17, 15) is 18.4 Å². The summed E-state index contributed by atoms with van der Waals surface area (Å²) in [5.74, 6) is -4.05. The molecule has 0 bridgehead atoms. The summed E-state index contributed by atoms with van der Waals surface area (Å²) in [5.41, 5.74) is 6.02. The number of nitrogens with two attached hydrogens (primary N) is 1. The molecule has 162 valence electrons. The van der Waals surface area contributed by atoms with Crippen molar-refractivity contribution in [1.29, 1.82) is 0 Å². The number of rotatable bonds is 6. The van der Waals surface area contributed by atoms with E-state index in [1.165, 1.54) is 23.1 Å². The molecule has 4 nitrogen and oxygen atoms in total. The Balaban J connectivity index is 0.000000488. The quantitative estimate of drug-likeness (QED) is 0.593. The van der Waals surface area contributed by atoms with Crippen LogP contribution in [0.4, 0.5) is 8.78 Å². The predicted octanol–water partition coefficient (Wildman–Crippen LogP) is 5.17. The van der Waals surface area contributed by atoms with E-state index in [0.717, 1.165) is 6.92 Å². The summed E-state index contributed by atoms with van der Waals surface area (Å²) in [6, 6.07) is 25.7. The number of halogens is 2. The second kappa shape index (κ2) is 11.0. The molecule has 1 unspecified atom stereocenters. The summed E-state index contributed by atoms with van der Waals surface area (Å²) in [4.78, 5) is 25.4. The maximum Gasteiger partial charge on any atom is 0.270 e. The molecule has 1 atom stereocenters. The molecule has 31 heavy (non-hydrogen) atoms. The summed E-state index contributed by atoms with van der Waals surface area (Å²) in [6.07, 6.45) is 0. The number of amides is 2. The van der Waals surface area contributed by atoms with Crippen LogP contribution in [-0.2, 0) is 10.7 Å². The fraction of sp³-hybridized carbons (Fsp3) is 0.200. The summed E-state index contributed by atoms with van der Waals surface area (Å²) < 4.78 is 27.2. The zero-order chi connectivity index (χ0) is 22.9. The molecule has 0 aromatic heterocycles. The number of carbonyl (C=O) groups is 2. The third-order valence-electron chi connectivity index (χ3n) is 4.62. The van der Waals surface area contributed by atoms with Gasteiger partial charge in [-0.25, -0.2) is 8.78 Å². The molecule has 0 heterocycles. The van der Waals surface area contributed by atoms with E-state index in [1.54, 1.807) is 43.3 Å². The van der Waals surface area contributed by atoms with Gasteiger partial charge in [0.15, 0.2) is 0 Å². The van der Waals surface area contributed by atoms with Gasteiger partial charge in [0.05, 0.1) is 6.04 Å². The number of hydrogen-bond donors (Lipinski definition) is 1. The van der Waals surface area contributed by atoms with Crippen molar-refractivity contribution in [2.45, 2.75) is 25.8 Å². The van der Waals surface area contributed by atoms with Crippen LogP contribution < -0.4 is 5.73 Å². The average molecular weight is 424 g/mol. The molecule has 3 rings (SSSR count). The van der Waals surface area contributed by atoms with Gasteiger partial charge in [0, 0.05) is 18.1 Å². The van der Waals surface area contributed by atoms with Gasteiger partial charge in [0.1, 0.15) is 6.54 Å². The molecular weight excluding hydrogens is 398 g/mol. The molecule has 0 saturated heterocycles. The first-order chi connectivity index (χ1) is 14.7. The van der Waals surface area contributed by atoms with Crippen molar-refractivity contribution < 1.29 is 18.4 Å². The maximum atomic E-state index is 13.6. The third-order valence-corrected chi connectivity index (χ3v) is 4.62. The van der Waals surface area contributed by atoms with Crippen molar-refractivity contribution in [3.8, 4) is 0 Å². The van der Waals surface area contributed by atoms with Crippen molar-refractivity contribution in [2.75, 3.05) is 6.54 Å². The first-order valence-electron chi connectivity index (χ1n) is 9.82. The van der Waals surface area contributed by atoms with E-state index in [-0.39, 0.29) is 18.0 Å². The maximum absolute atomic E-state index is 13.6. The standard InChI is InChI=1S/C19H20F2N2O2.C6H6/c1-13(15-9-6-10-16(11-15)19(2,20)21)23(12-17(22)24)18(25)14-7-4-3-5-8-14;1-2-4-6-5-3-1/h3-11,13H,12H2,1-2H3,(H2,22,24);1-6H. The summed E-state index contributed by atoms with van der Waals surface area (Å²) in [5, 5.41) is 0. The Kier molecular flexibility index (Phi) is 8.43. The molecule has 0 aliphatic carbocycles. The van der Waals surface area contributed by atoms with Crippen molar-refractivity contribution in [3.05, 3.63) is 108 Å². The van der Waals surface area contributed by atoms with Gasteiger partial charge in [-0.15, -0.1) is 0 Å². The van der Waals surface area contributed by atoms with E-state index < -0.39 is 17.9 Å². The number of hydrogen-bond acceptors (Lipinski definition) is 2. The Morgan fingerprint density at radius 2 is 1.42 bits per heavy atom. The highest BCUT2D eigenvalue weighted by atomic mass is 19.3. The van der Waals surface area contributed by atoms with Gasteiger partial charge >= 0.3 is 0 Å². The van der Waals surface area contributed by atoms with E-state index in [0.29, 0.717) is 11.1 Å². The fourth-order valence-electron chi connectivity index (χ4n) is 2.94. The van der Waals surface area contributed by atoms with E-state index in [1.807, 2.05) is 36.4 Å². The third kappa shape index (κ3) is 7.33. The smallest absolute Gasteiger partial charge is 0.270 e. The number of primary amides is 1. The van der Waals surface area contributed by atoms with E-state index in [2.05, 4.69) is 0 Å². The van der Waals surface area contributed by atoms with Crippen molar-refractivity contribution in [2.24, 2.45) is 5.73 Å². The molecule has 3 aromatic carbocycles. The lowest BCUT2D eigenvalue weighted by Crippen LogP contribution is -2.40. The topological polar surface area (TPSA) is 63.4 Å². The predicted molar refractivity (Wildman–Crippen MR) is 118 cm³/mol. The van der Waals surface area contributed by atoms with Gasteiger partial charge in [-0.3, -0.25) is 9.59 Å². The first-order valence-corrected chi connectivity index (χ1v) is 9.82. The molecule has 6 heteroatoms. The molecular formula is C25H26F2N2O2. The molecule has 0 radical (unpaired) electrons. The average Bonchev–Trinajstić information content (AvgIpc) is 2.78. The summed E-state index contributed by atoms with van der Waals surface area (Å²) in [6.45, 7) is 2.19. The van der Waals surface area contributed by atoms with Crippen molar-refractivity contribution in [1.82, 2.24) is 4.90 Å². The molecule has 0 fully saturated rings. The molecule has 0 saturated carbocycles. The second-order valence-corrected chi connectivity index (χ2v) is 7.11. The highest BCUT2D eigenvalue weighted by molar-refractivity contribution is 5.96. The Labute approximate surface area is 181 Å². The molecule has 0 aliphatic heterocycles. The second-order valence-electron chi connectivity index (χ2n) is 7.11. The number of alkyl halides is 2. The SMILES string of the molecule is CC(c1cccc(C(C)(F)F)c1)N(CC(N)=O)C(=O)c1ccccc1.c1ccccc1. The minimum absolute atomic E-state index is 0.150. The number of carbonyl (C=O) groups excluding carboxylic acids is 2. The zero-order valence-electron chi connectivity index (χ0n) is 17.5. The van der Waals surface area contributed by atoms with Crippen LogP contribution in [0, 0.1) is 0 Å². The molecule has 2 amide bonds. The number of nitrogens with zero attached hydrogens (tertiary/aromatic N) is 1. The van der Waals surface area contributed by atoms with Crippen LogP contribution in [0.1, 0.15) is 41.4 Å². The van der Waals surface area contributed by atoms with Gasteiger partial charge in [-0.1, -0.05) is 72.8 Å². The van der Waals surface area contributed by atoms with Crippen LogP contribution in [0.3, 0.4) is 0 Å². The van der Waals surface area contributed by atoms with Crippen molar-refractivity contribution >= 4 is 11.8 Å². The number of benzene rings is 3. The Bertz CT molecular complexity index is 947. The molecule has 2 N–H and O–H groups in total. The Morgan fingerprint density at radius 1 is 0.903 bits per heavy atom. The van der Waals surface area contributed by atoms with Gasteiger partial charge in [0.25, 0.3) is 11.8 Å². The zero-order valence-corrected chi connectivity index (χ0v) is 17.5. The molecule has 3 aromatic rings. The lowest BCUT2D eigenvalue weighted by Gasteiger charge is -2.29. The highest BCUT2D eigenvalue weighted by Gasteiger charge is 2.28. The van der Waals surface area contributed by atoms with Gasteiger partial charge < -0.3 is 10.6 Å². The van der Waals surface area contributed by atoms with E-state index in [4.69, 9.17) is 5.73 Å². The van der Waals surface area contributed by atoms with Crippen LogP contribution in [0.2, 0.25) is 0 Å². The monoisotopic (exact) mass is 424 g/mol. The Morgan fingerprint density at radius 3 is 1.90 bits per heavy atom. The van der Waals surface area contributed by atoms with Crippen LogP contribution in [0.25, 0.3) is 0 Å². The van der Waals surface area contributed by atoms with Gasteiger partial charge in [-0.05, 0) is 30.7 Å². The summed E-state index contributed by atoms with van der Waals surface area (Å²) in [7, 11) is 0. The van der Waals surface area contributed by atoms with Crippen molar-refractivity contribution in [3.63, 3.8) is 0 Å². The minimum Gasteiger partial charge on any atom is -0.368 e. The van der Waals surface area contributed by atoms with E-state index >= 15 is 0 Å². The van der Waals surface area contributed by atoms with Crippen LogP contribution in [0.15, 0.2) is 91.0 Å². The van der Waals surface area contributed by atoms with Crippen LogP contribution in [-0.4, -0.2) is 23.3 Å². The van der Waals surface area contributed by atoms with Crippen LogP contribution >= 0.6 is 0 Å². The van der Waals surface area contributed by atoms with Gasteiger partial charge in [-0.2, -0.15) is 0 Å². The largest absolute Gasteiger partial charge is 0.368 e. The normalized spacial score (nSPS) is 11.6. The minimum atomic E-state index is -2.99. The van der Waals surface area contributed by atoms with Crippen LogP contribution in [0.5, 0.6) is 0 Å². The first kappa shape index (κ1) is 23.7. The fourth-order valence-corrected chi connectivity index (χ4v) is 2.94. The lowest BCUT2D eigenvalue weighted by atomic mass is 10.0. The molecule has 0 aliphatic rings.